The van der Waals surface area contributed by atoms with E-state index in [2.05, 4.69) is 15.0 Å². The predicted molar refractivity (Wildman–Crippen MR) is 164 cm³/mol. The van der Waals surface area contributed by atoms with Gasteiger partial charge in [-0.1, -0.05) is 41.9 Å². The maximum Gasteiger partial charge on any atom is 0.263 e. The Balaban J connectivity index is 1.40. The molecule has 12 heteroatoms. The summed E-state index contributed by atoms with van der Waals surface area (Å²) in [6, 6.07) is 18.4. The van der Waals surface area contributed by atoms with Crippen LogP contribution in [0, 0.1) is 5.82 Å². The first-order valence-corrected chi connectivity index (χ1v) is 15.2. The molecular weight excluding hydrogens is 579 g/mol. The number of nitrogen functional groups attached to an aromatic ring is 1. The molecule has 1 aliphatic rings. The molecule has 3 aromatic carbocycles. The highest BCUT2D eigenvalue weighted by atomic mass is 35.5. The first kappa shape index (κ1) is 28.0. The minimum absolute atomic E-state index is 0.0327. The normalized spacial score (nSPS) is 13.8. The Kier molecular flexibility index (Phi) is 7.25. The van der Waals surface area contributed by atoms with E-state index in [1.165, 1.54) is 24.3 Å². The molecule has 42 heavy (non-hydrogen) atoms. The summed E-state index contributed by atoms with van der Waals surface area (Å²) in [5, 5.41) is 8.88. The van der Waals surface area contributed by atoms with Gasteiger partial charge in [0.2, 0.25) is 0 Å². The predicted octanol–water partition coefficient (Wildman–Crippen LogP) is 6.33. The zero-order valence-corrected chi connectivity index (χ0v) is 24.4. The van der Waals surface area contributed by atoms with Gasteiger partial charge < -0.3 is 15.8 Å². The lowest BCUT2D eigenvalue weighted by Gasteiger charge is -2.27. The minimum Gasteiger partial charge on any atom is -0.383 e. The summed E-state index contributed by atoms with van der Waals surface area (Å²) >= 11 is 6.06. The smallest absolute Gasteiger partial charge is 0.263 e. The Hall–Kier alpha value is -4.19. The van der Waals surface area contributed by atoms with Gasteiger partial charge in [0.05, 0.1) is 40.9 Å². The number of benzene rings is 3. The van der Waals surface area contributed by atoms with Gasteiger partial charge in [-0.05, 0) is 55.8 Å². The third kappa shape index (κ3) is 5.15. The van der Waals surface area contributed by atoms with Gasteiger partial charge in [-0.15, -0.1) is 0 Å². The molecule has 1 saturated heterocycles. The standard InChI is InChI=1S/C30H28ClFN6O3S/c1-17(2)38-29-22(18-7-10-20(11-8-18)35-21-15-41-16-21)14-34-30(33)27(29)28(36-38)19-9-12-25(24(32)13-19)37-42(39,40)26-6-4-3-5-23(26)31/h3-14,17,21,35,37H,15-16H2,1-2H3,(H2,33,34). The van der Waals surface area contributed by atoms with Gasteiger partial charge in [0.15, 0.2) is 0 Å². The summed E-state index contributed by atoms with van der Waals surface area (Å²) in [4.78, 5) is 4.31. The van der Waals surface area contributed by atoms with E-state index in [1.54, 1.807) is 24.4 Å². The van der Waals surface area contributed by atoms with Crippen molar-refractivity contribution in [3.05, 3.63) is 83.8 Å². The SMILES string of the molecule is CC(C)n1nc(-c2ccc(NS(=O)(=O)c3ccccc3Cl)c(F)c2)c2c(N)ncc(-c3ccc(NC4COC4)cc3)c21. The number of anilines is 3. The zero-order valence-electron chi connectivity index (χ0n) is 22.8. The lowest BCUT2D eigenvalue weighted by atomic mass is 10.0. The molecule has 4 N–H and O–H groups in total. The summed E-state index contributed by atoms with van der Waals surface area (Å²) in [6.07, 6.45) is 1.72. The van der Waals surface area contributed by atoms with Crippen LogP contribution in [-0.4, -0.2) is 42.4 Å². The number of nitrogens with two attached hydrogens (primary N) is 1. The topological polar surface area (TPSA) is 124 Å². The van der Waals surface area contributed by atoms with Crippen LogP contribution in [0.1, 0.15) is 19.9 Å². The minimum atomic E-state index is -4.12. The van der Waals surface area contributed by atoms with Gasteiger partial charge in [-0.3, -0.25) is 9.40 Å². The van der Waals surface area contributed by atoms with Crippen molar-refractivity contribution in [1.82, 2.24) is 14.8 Å². The number of sulfonamides is 1. The Labute approximate surface area is 247 Å². The summed E-state index contributed by atoms with van der Waals surface area (Å²) < 4.78 is 50.5. The maximum absolute atomic E-state index is 15.4. The summed E-state index contributed by atoms with van der Waals surface area (Å²) in [5.74, 6) is -0.527. The lowest BCUT2D eigenvalue weighted by Crippen LogP contribution is -2.40. The molecular formula is C30H28ClFN6O3S. The van der Waals surface area contributed by atoms with Crippen LogP contribution in [0.4, 0.5) is 21.6 Å². The van der Waals surface area contributed by atoms with Gasteiger partial charge in [0.25, 0.3) is 10.0 Å². The van der Waals surface area contributed by atoms with E-state index in [4.69, 9.17) is 27.2 Å². The van der Waals surface area contributed by atoms with Crippen molar-refractivity contribution in [2.45, 2.75) is 30.8 Å². The summed E-state index contributed by atoms with van der Waals surface area (Å²) in [6.45, 7) is 5.37. The van der Waals surface area contributed by atoms with Crippen molar-refractivity contribution in [3.8, 4) is 22.4 Å². The van der Waals surface area contributed by atoms with Gasteiger partial charge in [0, 0.05) is 29.1 Å². The molecule has 5 aromatic rings. The highest BCUT2D eigenvalue weighted by Crippen LogP contribution is 2.39. The molecule has 3 heterocycles. The number of ether oxygens (including phenoxy) is 1. The van der Waals surface area contributed by atoms with E-state index in [0.29, 0.717) is 35.9 Å². The molecule has 216 valence electrons. The molecule has 0 bridgehead atoms. The average molecular weight is 607 g/mol. The summed E-state index contributed by atoms with van der Waals surface area (Å²) in [7, 11) is -4.12. The zero-order chi connectivity index (χ0) is 29.6. The van der Waals surface area contributed by atoms with Crippen LogP contribution in [0.15, 0.2) is 77.8 Å². The molecule has 9 nitrogen and oxygen atoms in total. The Bertz CT molecular complexity index is 1910. The molecule has 0 saturated carbocycles. The van der Waals surface area contributed by atoms with E-state index in [9.17, 15) is 8.42 Å². The van der Waals surface area contributed by atoms with Crippen LogP contribution >= 0.6 is 11.6 Å². The van der Waals surface area contributed by atoms with Crippen molar-refractivity contribution in [3.63, 3.8) is 0 Å². The van der Waals surface area contributed by atoms with Gasteiger partial charge >= 0.3 is 0 Å². The Morgan fingerprint density at radius 1 is 1.07 bits per heavy atom. The average Bonchev–Trinajstić information content (AvgIpc) is 3.35. The quantitative estimate of drug-likeness (QED) is 0.188. The number of fused-ring (bicyclic) bond motifs is 1. The molecule has 0 amide bonds. The van der Waals surface area contributed by atoms with Crippen LogP contribution in [0.5, 0.6) is 0 Å². The second-order valence-corrected chi connectivity index (χ2v) is 12.4. The molecule has 1 fully saturated rings. The molecule has 0 aliphatic carbocycles. The fraction of sp³-hybridized carbons (Fsp3) is 0.200. The second-order valence-electron chi connectivity index (χ2n) is 10.4. The van der Waals surface area contributed by atoms with Crippen molar-refractivity contribution in [2.24, 2.45) is 0 Å². The van der Waals surface area contributed by atoms with Crippen molar-refractivity contribution >= 4 is 49.7 Å². The Morgan fingerprint density at radius 3 is 2.43 bits per heavy atom. The van der Waals surface area contributed by atoms with E-state index in [0.717, 1.165) is 22.3 Å². The molecule has 0 unspecified atom stereocenters. The third-order valence-electron chi connectivity index (χ3n) is 7.06. The fourth-order valence-corrected chi connectivity index (χ4v) is 6.48. The largest absolute Gasteiger partial charge is 0.383 e. The highest BCUT2D eigenvalue weighted by molar-refractivity contribution is 7.92. The van der Waals surface area contributed by atoms with Gasteiger partial charge in [0.1, 0.15) is 22.2 Å². The monoisotopic (exact) mass is 606 g/mol. The first-order chi connectivity index (χ1) is 20.1. The number of halogens is 2. The van der Waals surface area contributed by atoms with Crippen LogP contribution in [0.3, 0.4) is 0 Å². The highest BCUT2D eigenvalue weighted by Gasteiger charge is 2.24. The molecule has 0 atom stereocenters. The number of aromatic nitrogens is 3. The van der Waals surface area contributed by atoms with Crippen LogP contribution in [0.2, 0.25) is 5.02 Å². The molecule has 2 aromatic heterocycles. The van der Waals surface area contributed by atoms with E-state index in [-0.39, 0.29) is 27.5 Å². The van der Waals surface area contributed by atoms with Crippen LogP contribution < -0.4 is 15.8 Å². The van der Waals surface area contributed by atoms with Crippen LogP contribution in [-0.2, 0) is 14.8 Å². The van der Waals surface area contributed by atoms with Gasteiger partial charge in [-0.2, -0.15) is 5.10 Å². The number of hydrogen-bond acceptors (Lipinski definition) is 7. The molecule has 0 radical (unpaired) electrons. The number of nitrogens with one attached hydrogen (secondary N) is 2. The van der Waals surface area contributed by atoms with E-state index < -0.39 is 15.8 Å². The Morgan fingerprint density at radius 2 is 1.79 bits per heavy atom. The number of rotatable bonds is 8. The van der Waals surface area contributed by atoms with E-state index >= 15 is 4.39 Å². The maximum atomic E-state index is 15.4. The van der Waals surface area contributed by atoms with Crippen molar-refractivity contribution < 1.29 is 17.5 Å². The number of nitrogens with zero attached hydrogens (tertiary/aromatic N) is 3. The molecule has 6 rings (SSSR count). The van der Waals surface area contributed by atoms with Crippen molar-refractivity contribution in [1.29, 1.82) is 0 Å². The second kappa shape index (κ2) is 10.9. The summed E-state index contributed by atoms with van der Waals surface area (Å²) in [5.41, 5.74) is 10.5. The van der Waals surface area contributed by atoms with Crippen molar-refractivity contribution in [2.75, 3.05) is 29.0 Å². The fourth-order valence-electron chi connectivity index (χ4n) is 4.89. The lowest BCUT2D eigenvalue weighted by molar-refractivity contribution is 0.0211. The number of pyridine rings is 1. The molecule has 1 aliphatic heterocycles. The third-order valence-corrected chi connectivity index (χ3v) is 8.93. The number of hydrogen-bond donors (Lipinski definition) is 3. The van der Waals surface area contributed by atoms with E-state index in [1.807, 2.05) is 42.8 Å². The van der Waals surface area contributed by atoms with Crippen LogP contribution in [0.25, 0.3) is 33.3 Å². The first-order valence-electron chi connectivity index (χ1n) is 13.3. The molecule has 0 spiro atoms. The van der Waals surface area contributed by atoms with Gasteiger partial charge in [-0.25, -0.2) is 17.8 Å².